The number of piperazine rings is 1. The number of aryl methyl sites for hydroxylation is 1. The molecule has 10 heteroatoms. The van der Waals surface area contributed by atoms with Crippen molar-refractivity contribution in [3.05, 3.63) is 33.8 Å². The third-order valence-electron chi connectivity index (χ3n) is 4.34. The Morgan fingerprint density at radius 1 is 1.19 bits per heavy atom. The fraction of sp³-hybridized carbons (Fsp3) is 0.529. The van der Waals surface area contributed by atoms with E-state index in [1.807, 2.05) is 19.1 Å². The summed E-state index contributed by atoms with van der Waals surface area (Å²) in [6.07, 6.45) is 0. The Morgan fingerprint density at radius 2 is 1.81 bits per heavy atom. The number of anilines is 1. The Morgan fingerprint density at radius 3 is 2.41 bits per heavy atom. The zero-order valence-corrected chi connectivity index (χ0v) is 18.2. The zero-order valence-electron chi connectivity index (χ0n) is 15.8. The summed E-state index contributed by atoms with van der Waals surface area (Å²) in [6, 6.07) is 7.31. The molecule has 1 saturated heterocycles. The molecule has 0 unspecified atom stereocenters. The number of benzene rings is 1. The van der Waals surface area contributed by atoms with Crippen LogP contribution in [-0.2, 0) is 16.7 Å². The highest BCUT2D eigenvalue weighted by atomic mass is 32.2. The van der Waals surface area contributed by atoms with E-state index in [2.05, 4.69) is 29.2 Å². The summed E-state index contributed by atoms with van der Waals surface area (Å²) in [5, 5.41) is 8.60. The number of rotatable bonds is 6. The number of nitrogens with one attached hydrogen (secondary N) is 1. The summed E-state index contributed by atoms with van der Waals surface area (Å²) < 4.78 is 29.7. The number of hydrogen-bond donors (Lipinski definition) is 1. The summed E-state index contributed by atoms with van der Waals surface area (Å²) in [6.45, 7) is 8.86. The standard InChI is InChI=1S/C17H25N5O2S3/c1-13(2)18-16-19-22(17(25)26-16)12-20-8-10-21(11-9-20)27(23,24)15-6-4-14(3)5-7-15/h4-7,13H,8-12H2,1-3H3,(H,18,19). The second-order valence-electron chi connectivity index (χ2n) is 6.95. The predicted molar refractivity (Wildman–Crippen MR) is 111 cm³/mol. The second kappa shape index (κ2) is 8.36. The van der Waals surface area contributed by atoms with Gasteiger partial charge in [0.15, 0.2) is 3.95 Å². The molecule has 0 bridgehead atoms. The Bertz CT molecular complexity index is 926. The van der Waals surface area contributed by atoms with Gasteiger partial charge < -0.3 is 5.32 Å². The van der Waals surface area contributed by atoms with Gasteiger partial charge in [-0.3, -0.25) is 4.90 Å². The third-order valence-corrected chi connectivity index (χ3v) is 7.49. The van der Waals surface area contributed by atoms with Crippen molar-refractivity contribution in [3.63, 3.8) is 0 Å². The molecular weight excluding hydrogens is 402 g/mol. The zero-order chi connectivity index (χ0) is 19.6. The highest BCUT2D eigenvalue weighted by Crippen LogP contribution is 2.19. The van der Waals surface area contributed by atoms with Crippen LogP contribution in [0.1, 0.15) is 19.4 Å². The Balaban J connectivity index is 1.61. The van der Waals surface area contributed by atoms with Crippen LogP contribution in [0.5, 0.6) is 0 Å². The molecule has 1 aliphatic heterocycles. The van der Waals surface area contributed by atoms with Gasteiger partial charge in [-0.05, 0) is 45.1 Å². The lowest BCUT2D eigenvalue weighted by molar-refractivity contribution is 0.145. The molecule has 148 valence electrons. The van der Waals surface area contributed by atoms with Gasteiger partial charge in [0.2, 0.25) is 15.2 Å². The van der Waals surface area contributed by atoms with Crippen molar-refractivity contribution in [2.45, 2.75) is 38.4 Å². The summed E-state index contributed by atoms with van der Waals surface area (Å²) in [7, 11) is -3.44. The molecule has 27 heavy (non-hydrogen) atoms. The fourth-order valence-electron chi connectivity index (χ4n) is 2.86. The van der Waals surface area contributed by atoms with Gasteiger partial charge in [-0.15, -0.1) is 5.10 Å². The van der Waals surface area contributed by atoms with Crippen molar-refractivity contribution in [1.82, 2.24) is 19.0 Å². The molecule has 0 aliphatic carbocycles. The van der Waals surface area contributed by atoms with Crippen molar-refractivity contribution in [1.29, 1.82) is 0 Å². The number of sulfonamides is 1. The largest absolute Gasteiger partial charge is 0.358 e. The monoisotopic (exact) mass is 427 g/mol. The molecule has 1 aliphatic rings. The van der Waals surface area contributed by atoms with Gasteiger partial charge in [0.25, 0.3) is 0 Å². The van der Waals surface area contributed by atoms with Crippen LogP contribution in [0.25, 0.3) is 0 Å². The van der Waals surface area contributed by atoms with Crippen LogP contribution >= 0.6 is 23.6 Å². The first kappa shape index (κ1) is 20.4. The van der Waals surface area contributed by atoms with Crippen LogP contribution in [0.3, 0.4) is 0 Å². The van der Waals surface area contributed by atoms with Gasteiger partial charge >= 0.3 is 0 Å². The van der Waals surface area contributed by atoms with Crippen LogP contribution in [0.4, 0.5) is 5.13 Å². The predicted octanol–water partition coefficient (Wildman–Crippen LogP) is 2.77. The number of hydrogen-bond acceptors (Lipinski definition) is 7. The van der Waals surface area contributed by atoms with Crippen molar-refractivity contribution < 1.29 is 8.42 Å². The van der Waals surface area contributed by atoms with E-state index in [1.54, 1.807) is 21.1 Å². The van der Waals surface area contributed by atoms with Gasteiger partial charge in [0, 0.05) is 32.2 Å². The first-order chi connectivity index (χ1) is 12.8. The van der Waals surface area contributed by atoms with E-state index in [0.29, 0.717) is 47.7 Å². The molecule has 1 aromatic carbocycles. The highest BCUT2D eigenvalue weighted by Gasteiger charge is 2.28. The maximum atomic E-state index is 12.8. The Kier molecular flexibility index (Phi) is 6.32. The highest BCUT2D eigenvalue weighted by molar-refractivity contribution is 7.89. The van der Waals surface area contributed by atoms with E-state index in [1.165, 1.54) is 11.3 Å². The van der Waals surface area contributed by atoms with Gasteiger partial charge in [-0.2, -0.15) is 4.31 Å². The average Bonchev–Trinajstić information content (AvgIpc) is 2.94. The maximum Gasteiger partial charge on any atom is 0.243 e. The second-order valence-corrected chi connectivity index (χ2v) is 10.5. The molecule has 2 heterocycles. The van der Waals surface area contributed by atoms with Crippen LogP contribution in [0.15, 0.2) is 29.2 Å². The lowest BCUT2D eigenvalue weighted by Gasteiger charge is -2.33. The maximum absolute atomic E-state index is 12.8. The minimum atomic E-state index is -3.44. The van der Waals surface area contributed by atoms with Crippen molar-refractivity contribution in [2.75, 3.05) is 31.5 Å². The number of nitrogens with zero attached hydrogens (tertiary/aromatic N) is 4. The minimum absolute atomic E-state index is 0.300. The molecule has 2 aromatic rings. The van der Waals surface area contributed by atoms with E-state index in [9.17, 15) is 8.42 Å². The van der Waals surface area contributed by atoms with E-state index >= 15 is 0 Å². The van der Waals surface area contributed by atoms with E-state index < -0.39 is 10.0 Å². The molecule has 1 N–H and O–H groups in total. The first-order valence-corrected chi connectivity index (χ1v) is 11.6. The Hall–Kier alpha value is -1.33. The average molecular weight is 428 g/mol. The quantitative estimate of drug-likeness (QED) is 0.715. The van der Waals surface area contributed by atoms with Crippen LogP contribution < -0.4 is 5.32 Å². The van der Waals surface area contributed by atoms with E-state index in [0.717, 1.165) is 10.7 Å². The van der Waals surface area contributed by atoms with E-state index in [4.69, 9.17) is 12.2 Å². The lowest BCUT2D eigenvalue weighted by atomic mass is 10.2. The molecule has 0 atom stereocenters. The molecule has 7 nitrogen and oxygen atoms in total. The molecule has 0 saturated carbocycles. The summed E-state index contributed by atoms with van der Waals surface area (Å²) in [4.78, 5) is 2.53. The molecular formula is C17H25N5O2S3. The molecule has 1 fully saturated rings. The summed E-state index contributed by atoms with van der Waals surface area (Å²) in [5.74, 6) is 0. The normalized spacial score (nSPS) is 16.7. The SMILES string of the molecule is Cc1ccc(S(=O)(=O)N2CCN(Cn3nc(NC(C)C)sc3=S)CC2)cc1. The van der Waals surface area contributed by atoms with Crippen molar-refractivity contribution in [3.8, 4) is 0 Å². The van der Waals surface area contributed by atoms with Crippen molar-refractivity contribution >= 4 is 38.7 Å². The first-order valence-electron chi connectivity index (χ1n) is 8.89. The molecule has 1 aromatic heterocycles. The lowest BCUT2D eigenvalue weighted by Crippen LogP contribution is -2.48. The molecule has 0 amide bonds. The van der Waals surface area contributed by atoms with E-state index in [-0.39, 0.29) is 0 Å². The smallest absolute Gasteiger partial charge is 0.243 e. The molecule has 0 radical (unpaired) electrons. The summed E-state index contributed by atoms with van der Waals surface area (Å²) in [5.41, 5.74) is 1.05. The van der Waals surface area contributed by atoms with Gasteiger partial charge in [-0.1, -0.05) is 29.0 Å². The fourth-order valence-corrected chi connectivity index (χ4v) is 5.42. The van der Waals surface area contributed by atoms with Crippen LogP contribution in [0.2, 0.25) is 0 Å². The molecule has 3 rings (SSSR count). The van der Waals surface area contributed by atoms with Gasteiger partial charge in [0.05, 0.1) is 11.6 Å². The van der Waals surface area contributed by atoms with Gasteiger partial charge in [-0.25, -0.2) is 13.1 Å². The third kappa shape index (κ3) is 4.94. The van der Waals surface area contributed by atoms with Crippen LogP contribution in [-0.4, -0.2) is 59.6 Å². The molecule has 0 spiro atoms. The topological polar surface area (TPSA) is 70.5 Å². The minimum Gasteiger partial charge on any atom is -0.358 e. The van der Waals surface area contributed by atoms with Crippen molar-refractivity contribution in [2.24, 2.45) is 0 Å². The Labute approximate surface area is 169 Å². The number of aromatic nitrogens is 2. The summed E-state index contributed by atoms with van der Waals surface area (Å²) >= 11 is 6.85. The van der Waals surface area contributed by atoms with Gasteiger partial charge in [0.1, 0.15) is 0 Å². The van der Waals surface area contributed by atoms with Crippen LogP contribution in [0, 0.1) is 10.9 Å².